The number of hydrogen-bond acceptors (Lipinski definition) is 4. The lowest BCUT2D eigenvalue weighted by Gasteiger charge is -2.27. The maximum atomic E-state index is 13.0. The van der Waals surface area contributed by atoms with E-state index in [0.29, 0.717) is 17.2 Å². The van der Waals surface area contributed by atoms with E-state index >= 15 is 0 Å². The van der Waals surface area contributed by atoms with Crippen LogP contribution in [0.3, 0.4) is 0 Å². The first-order chi connectivity index (χ1) is 9.58. The fourth-order valence-corrected chi connectivity index (χ4v) is 2.32. The molecule has 1 aromatic heterocycles. The van der Waals surface area contributed by atoms with Gasteiger partial charge in [0.05, 0.1) is 5.57 Å². The molecule has 1 aliphatic rings. The van der Waals surface area contributed by atoms with Gasteiger partial charge in [0.1, 0.15) is 18.2 Å². The van der Waals surface area contributed by atoms with Crippen LogP contribution in [0.5, 0.6) is 0 Å². The molecule has 0 aliphatic carbocycles. The van der Waals surface area contributed by atoms with Gasteiger partial charge >= 0.3 is 5.97 Å². The van der Waals surface area contributed by atoms with Gasteiger partial charge in [-0.05, 0) is 24.6 Å². The van der Waals surface area contributed by atoms with Gasteiger partial charge in [-0.1, -0.05) is 12.1 Å². The topological polar surface area (TPSA) is 80.0 Å². The lowest BCUT2D eigenvalue weighted by Crippen LogP contribution is -2.28. The third-order valence-corrected chi connectivity index (χ3v) is 3.21. The summed E-state index contributed by atoms with van der Waals surface area (Å²) in [5.41, 5.74) is 1.29. The minimum atomic E-state index is -1.05. The Labute approximate surface area is 113 Å². The number of carboxylic acid groups (broad SMARTS) is 1. The smallest absolute Gasteiger partial charge is 0.335 e. The second kappa shape index (κ2) is 4.44. The van der Waals surface area contributed by atoms with Crippen molar-refractivity contribution in [3.63, 3.8) is 0 Å². The highest BCUT2D eigenvalue weighted by atomic mass is 19.1. The normalized spacial score (nSPS) is 17.6. The Morgan fingerprint density at radius 1 is 1.40 bits per heavy atom. The predicted octanol–water partition coefficient (Wildman–Crippen LogP) is 1.79. The minimum Gasteiger partial charge on any atom is -0.478 e. The third kappa shape index (κ3) is 1.83. The average molecular weight is 274 g/mol. The van der Waals surface area contributed by atoms with Crippen LogP contribution < -0.4 is 5.32 Å². The van der Waals surface area contributed by atoms with Crippen LogP contribution in [-0.4, -0.2) is 25.8 Å². The van der Waals surface area contributed by atoms with E-state index in [-0.39, 0.29) is 11.4 Å². The Bertz CT molecular complexity index is 705. The molecule has 1 aromatic carbocycles. The maximum absolute atomic E-state index is 13.0. The zero-order chi connectivity index (χ0) is 14.3. The van der Waals surface area contributed by atoms with Crippen molar-refractivity contribution in [2.24, 2.45) is 0 Å². The van der Waals surface area contributed by atoms with Crippen molar-refractivity contribution in [3.8, 4) is 0 Å². The number of aliphatic carboxylic acids is 1. The molecule has 6 nitrogen and oxygen atoms in total. The summed E-state index contributed by atoms with van der Waals surface area (Å²) in [6.45, 7) is 1.66. The van der Waals surface area contributed by atoms with Crippen LogP contribution in [0.25, 0.3) is 0 Å². The highest BCUT2D eigenvalue weighted by Crippen LogP contribution is 2.34. The molecule has 2 heterocycles. The van der Waals surface area contributed by atoms with Gasteiger partial charge in [-0.25, -0.2) is 13.9 Å². The van der Waals surface area contributed by atoms with Crippen molar-refractivity contribution in [1.82, 2.24) is 14.8 Å². The number of rotatable bonds is 2. The molecule has 2 N–H and O–H groups in total. The number of nitrogens with one attached hydrogen (secondary N) is 1. The van der Waals surface area contributed by atoms with Crippen molar-refractivity contribution in [3.05, 3.63) is 53.2 Å². The monoisotopic (exact) mass is 274 g/mol. The molecule has 0 spiro atoms. The predicted molar refractivity (Wildman–Crippen MR) is 68.5 cm³/mol. The van der Waals surface area contributed by atoms with Gasteiger partial charge in [0, 0.05) is 5.70 Å². The van der Waals surface area contributed by atoms with Gasteiger partial charge in [0.15, 0.2) is 0 Å². The van der Waals surface area contributed by atoms with Crippen molar-refractivity contribution in [1.29, 1.82) is 0 Å². The molecule has 0 fully saturated rings. The summed E-state index contributed by atoms with van der Waals surface area (Å²) >= 11 is 0. The number of anilines is 1. The van der Waals surface area contributed by atoms with Gasteiger partial charge < -0.3 is 10.4 Å². The van der Waals surface area contributed by atoms with E-state index in [1.54, 1.807) is 19.1 Å². The highest BCUT2D eigenvalue weighted by molar-refractivity contribution is 5.90. The van der Waals surface area contributed by atoms with Crippen LogP contribution in [0.4, 0.5) is 10.3 Å². The molecule has 2 aromatic rings. The molecular formula is C13H11FN4O2. The fourth-order valence-electron chi connectivity index (χ4n) is 2.32. The zero-order valence-corrected chi connectivity index (χ0v) is 10.5. The van der Waals surface area contributed by atoms with Crippen LogP contribution in [0.15, 0.2) is 41.9 Å². The number of halogens is 1. The van der Waals surface area contributed by atoms with Crippen molar-refractivity contribution < 1.29 is 14.3 Å². The summed E-state index contributed by atoms with van der Waals surface area (Å²) in [6, 6.07) is 5.05. The molecule has 0 amide bonds. The molecule has 1 aliphatic heterocycles. The van der Waals surface area contributed by atoms with E-state index in [1.165, 1.54) is 23.1 Å². The first-order valence-corrected chi connectivity index (χ1v) is 5.94. The van der Waals surface area contributed by atoms with Gasteiger partial charge in [0.2, 0.25) is 5.95 Å². The largest absolute Gasteiger partial charge is 0.478 e. The second-order valence-electron chi connectivity index (χ2n) is 4.45. The lowest BCUT2D eigenvalue weighted by atomic mass is 9.96. The molecule has 7 heteroatoms. The van der Waals surface area contributed by atoms with Crippen LogP contribution in [0.1, 0.15) is 18.5 Å². The Hall–Kier alpha value is -2.70. The standard InChI is InChI=1S/C13H11FN4O2/c1-7-10(12(19)20)11(8-2-4-9(14)5-3-8)18-13(17-7)15-6-16-18/h2-6,11H,1H3,(H,19,20)(H,15,16,17)/t11-/m1/s1. The van der Waals surface area contributed by atoms with Crippen molar-refractivity contribution >= 4 is 11.9 Å². The Morgan fingerprint density at radius 3 is 2.75 bits per heavy atom. The van der Waals surface area contributed by atoms with Crippen LogP contribution in [-0.2, 0) is 4.79 Å². The van der Waals surface area contributed by atoms with E-state index in [1.807, 2.05) is 0 Å². The lowest BCUT2D eigenvalue weighted by molar-refractivity contribution is -0.133. The fraction of sp³-hybridized carbons (Fsp3) is 0.154. The SMILES string of the molecule is CC1=C(C(=O)O)[C@@H](c2ccc(F)cc2)n2ncnc2N1. The number of nitrogens with zero attached hydrogens (tertiary/aromatic N) is 3. The van der Waals surface area contributed by atoms with Crippen molar-refractivity contribution in [2.45, 2.75) is 13.0 Å². The van der Waals surface area contributed by atoms with Gasteiger partial charge in [0.25, 0.3) is 0 Å². The number of carboxylic acids is 1. The molecule has 102 valence electrons. The van der Waals surface area contributed by atoms with Crippen LogP contribution >= 0.6 is 0 Å². The minimum absolute atomic E-state index is 0.162. The molecule has 0 saturated heterocycles. The van der Waals surface area contributed by atoms with E-state index < -0.39 is 12.0 Å². The van der Waals surface area contributed by atoms with Gasteiger partial charge in [-0.15, -0.1) is 0 Å². The average Bonchev–Trinajstić information content (AvgIpc) is 2.85. The number of aromatic nitrogens is 3. The molecule has 0 bridgehead atoms. The maximum Gasteiger partial charge on any atom is 0.335 e. The number of hydrogen-bond donors (Lipinski definition) is 2. The molecule has 0 unspecified atom stereocenters. The first kappa shape index (κ1) is 12.3. The molecule has 3 rings (SSSR count). The molecule has 0 saturated carbocycles. The number of fused-ring (bicyclic) bond motifs is 1. The summed E-state index contributed by atoms with van der Waals surface area (Å²) in [6.07, 6.45) is 1.34. The zero-order valence-electron chi connectivity index (χ0n) is 10.5. The Balaban J connectivity index is 2.19. The molecule has 1 atom stereocenters. The van der Waals surface area contributed by atoms with Crippen LogP contribution in [0, 0.1) is 5.82 Å². The highest BCUT2D eigenvalue weighted by Gasteiger charge is 2.33. The van der Waals surface area contributed by atoms with Crippen molar-refractivity contribution in [2.75, 3.05) is 5.32 Å². The first-order valence-electron chi connectivity index (χ1n) is 5.94. The van der Waals surface area contributed by atoms with Crippen LogP contribution in [0.2, 0.25) is 0 Å². The molecular weight excluding hydrogens is 263 g/mol. The number of allylic oxidation sites excluding steroid dienone is 1. The van der Waals surface area contributed by atoms with Gasteiger partial charge in [-0.2, -0.15) is 10.1 Å². The van der Waals surface area contributed by atoms with E-state index in [2.05, 4.69) is 15.4 Å². The second-order valence-corrected chi connectivity index (χ2v) is 4.45. The summed E-state index contributed by atoms with van der Waals surface area (Å²) in [4.78, 5) is 15.5. The Kier molecular flexibility index (Phi) is 2.74. The summed E-state index contributed by atoms with van der Waals surface area (Å²) in [7, 11) is 0. The van der Waals surface area contributed by atoms with E-state index in [4.69, 9.17) is 0 Å². The summed E-state index contributed by atoms with van der Waals surface area (Å²) in [5, 5.41) is 16.4. The Morgan fingerprint density at radius 2 is 2.10 bits per heavy atom. The summed E-state index contributed by atoms with van der Waals surface area (Å²) in [5.74, 6) is -0.966. The van der Waals surface area contributed by atoms with E-state index in [0.717, 1.165) is 0 Å². The quantitative estimate of drug-likeness (QED) is 0.872. The van der Waals surface area contributed by atoms with E-state index in [9.17, 15) is 14.3 Å². The third-order valence-electron chi connectivity index (χ3n) is 3.21. The van der Waals surface area contributed by atoms with Gasteiger partial charge in [-0.3, -0.25) is 0 Å². The number of carbonyl (C=O) groups is 1. The molecule has 20 heavy (non-hydrogen) atoms. The molecule has 0 radical (unpaired) electrons. The number of benzene rings is 1. The summed E-state index contributed by atoms with van der Waals surface area (Å²) < 4.78 is 14.5.